The van der Waals surface area contributed by atoms with Gasteiger partial charge in [-0.15, -0.1) is 0 Å². The maximum absolute atomic E-state index is 12.6. The highest BCUT2D eigenvalue weighted by atomic mass is 16.2. The van der Waals surface area contributed by atoms with E-state index in [0.717, 1.165) is 30.8 Å². The fourth-order valence-corrected chi connectivity index (χ4v) is 4.05. The number of nitrogens with two attached hydrogens (primary N) is 1. The predicted octanol–water partition coefficient (Wildman–Crippen LogP) is 2.93. The van der Waals surface area contributed by atoms with Gasteiger partial charge in [-0.05, 0) is 62.4 Å². The minimum absolute atomic E-state index is 0.264. The molecule has 2 heterocycles. The van der Waals surface area contributed by atoms with Gasteiger partial charge in [0.15, 0.2) is 0 Å². The van der Waals surface area contributed by atoms with Gasteiger partial charge in [0.2, 0.25) is 5.91 Å². The van der Waals surface area contributed by atoms with E-state index < -0.39 is 0 Å². The number of piperidine rings is 1. The summed E-state index contributed by atoms with van der Waals surface area (Å²) in [6.07, 6.45) is 8.35. The highest BCUT2D eigenvalue weighted by Gasteiger charge is 2.25. The second kappa shape index (κ2) is 8.52. The Balaban J connectivity index is 1.50. The van der Waals surface area contributed by atoms with Crippen LogP contribution in [-0.2, 0) is 11.2 Å². The van der Waals surface area contributed by atoms with Crippen molar-refractivity contribution in [1.29, 1.82) is 0 Å². The van der Waals surface area contributed by atoms with Crippen LogP contribution in [0.1, 0.15) is 44.1 Å². The van der Waals surface area contributed by atoms with Crippen LogP contribution in [0.15, 0.2) is 24.3 Å². The Morgan fingerprint density at radius 2 is 1.71 bits per heavy atom. The van der Waals surface area contributed by atoms with E-state index in [1.54, 1.807) is 0 Å². The first-order valence-electron chi connectivity index (χ1n) is 9.55. The topological polar surface area (TPSA) is 49.6 Å². The molecule has 2 fully saturated rings. The Morgan fingerprint density at radius 3 is 2.42 bits per heavy atom. The number of nitrogens with zero attached hydrogens (tertiary/aromatic N) is 2. The largest absolute Gasteiger partial charge is 0.399 e. The molecule has 1 aromatic rings. The number of benzene rings is 1. The lowest BCUT2D eigenvalue weighted by Gasteiger charge is -2.35. The van der Waals surface area contributed by atoms with Crippen molar-refractivity contribution >= 4 is 11.6 Å². The van der Waals surface area contributed by atoms with Crippen LogP contribution < -0.4 is 5.73 Å². The van der Waals surface area contributed by atoms with Crippen LogP contribution >= 0.6 is 0 Å². The molecule has 0 saturated carbocycles. The second-order valence-electron chi connectivity index (χ2n) is 7.48. The number of likely N-dealkylation sites (tertiary alicyclic amines) is 2. The van der Waals surface area contributed by atoms with Crippen molar-refractivity contribution in [2.75, 3.05) is 38.5 Å². The lowest BCUT2D eigenvalue weighted by molar-refractivity contribution is -0.132. The molecule has 1 unspecified atom stereocenters. The quantitative estimate of drug-likeness (QED) is 0.864. The molecule has 1 amide bonds. The molecule has 0 aliphatic carbocycles. The SMILES string of the molecule is Nc1ccc(CC(=O)N2CCCC(CN3CCCCCC3)C2)cc1. The molecule has 2 aliphatic heterocycles. The van der Waals surface area contributed by atoms with Crippen LogP contribution in [0.2, 0.25) is 0 Å². The normalized spacial score (nSPS) is 23.0. The summed E-state index contributed by atoms with van der Waals surface area (Å²) in [6.45, 7) is 5.52. The van der Waals surface area contributed by atoms with Gasteiger partial charge in [0, 0.05) is 25.3 Å². The molecule has 0 aromatic heterocycles. The van der Waals surface area contributed by atoms with Crippen molar-refractivity contribution in [1.82, 2.24) is 9.80 Å². The zero-order valence-corrected chi connectivity index (χ0v) is 14.8. The summed E-state index contributed by atoms with van der Waals surface area (Å²) in [7, 11) is 0. The molecule has 2 N–H and O–H groups in total. The molecule has 1 aromatic carbocycles. The lowest BCUT2D eigenvalue weighted by Crippen LogP contribution is -2.44. The summed E-state index contributed by atoms with van der Waals surface area (Å²) in [6, 6.07) is 7.68. The van der Waals surface area contributed by atoms with Crippen molar-refractivity contribution in [3.8, 4) is 0 Å². The van der Waals surface area contributed by atoms with Crippen molar-refractivity contribution in [3.05, 3.63) is 29.8 Å². The number of carbonyl (C=O) groups excluding carboxylic acids is 1. The first-order valence-corrected chi connectivity index (χ1v) is 9.55. The van der Waals surface area contributed by atoms with Crippen molar-refractivity contribution in [3.63, 3.8) is 0 Å². The Hall–Kier alpha value is -1.55. The van der Waals surface area contributed by atoms with Gasteiger partial charge < -0.3 is 15.5 Å². The number of anilines is 1. The fourth-order valence-electron chi connectivity index (χ4n) is 4.05. The first kappa shape index (κ1) is 17.3. The lowest BCUT2D eigenvalue weighted by atomic mass is 9.96. The first-order chi connectivity index (χ1) is 11.7. The molecule has 2 saturated heterocycles. The molecular weight excluding hydrogens is 298 g/mol. The summed E-state index contributed by atoms with van der Waals surface area (Å²) in [5.74, 6) is 0.910. The summed E-state index contributed by atoms with van der Waals surface area (Å²) in [5.41, 5.74) is 7.53. The number of hydrogen-bond acceptors (Lipinski definition) is 3. The maximum atomic E-state index is 12.6. The molecule has 24 heavy (non-hydrogen) atoms. The van der Waals surface area contributed by atoms with Crippen molar-refractivity contribution in [2.45, 2.75) is 44.9 Å². The molecule has 0 bridgehead atoms. The van der Waals surface area contributed by atoms with Gasteiger partial charge in [0.25, 0.3) is 0 Å². The summed E-state index contributed by atoms with van der Waals surface area (Å²) >= 11 is 0. The summed E-state index contributed by atoms with van der Waals surface area (Å²) < 4.78 is 0. The smallest absolute Gasteiger partial charge is 0.226 e. The molecule has 0 radical (unpaired) electrons. The minimum atomic E-state index is 0.264. The maximum Gasteiger partial charge on any atom is 0.226 e. The van der Waals surface area contributed by atoms with Crippen LogP contribution in [0.25, 0.3) is 0 Å². The standard InChI is InChI=1S/C20H31N3O/c21-19-9-7-17(8-10-19)14-20(24)23-13-5-6-18(16-23)15-22-11-3-1-2-4-12-22/h7-10,18H,1-6,11-16,21H2. The average molecular weight is 329 g/mol. The van der Waals surface area contributed by atoms with Crippen LogP contribution in [0.4, 0.5) is 5.69 Å². The van der Waals surface area contributed by atoms with E-state index in [1.165, 1.54) is 51.7 Å². The molecule has 3 rings (SSSR count). The van der Waals surface area contributed by atoms with Crippen LogP contribution in [0, 0.1) is 5.92 Å². The Bertz CT molecular complexity index is 520. The van der Waals surface area contributed by atoms with Gasteiger partial charge in [-0.2, -0.15) is 0 Å². The highest BCUT2D eigenvalue weighted by molar-refractivity contribution is 5.79. The highest BCUT2D eigenvalue weighted by Crippen LogP contribution is 2.20. The van der Waals surface area contributed by atoms with E-state index in [2.05, 4.69) is 9.80 Å². The van der Waals surface area contributed by atoms with Crippen LogP contribution in [0.5, 0.6) is 0 Å². The molecule has 4 heteroatoms. The molecule has 1 atom stereocenters. The van der Waals surface area contributed by atoms with E-state index in [9.17, 15) is 4.79 Å². The molecule has 4 nitrogen and oxygen atoms in total. The summed E-state index contributed by atoms with van der Waals surface area (Å²) in [4.78, 5) is 17.3. The van der Waals surface area contributed by atoms with E-state index >= 15 is 0 Å². The molecule has 2 aliphatic rings. The summed E-state index contributed by atoms with van der Waals surface area (Å²) in [5, 5.41) is 0. The Morgan fingerprint density at radius 1 is 1.00 bits per heavy atom. The van der Waals surface area contributed by atoms with Gasteiger partial charge in [-0.25, -0.2) is 0 Å². The number of nitrogen functional groups attached to an aromatic ring is 1. The third-order valence-electron chi connectivity index (χ3n) is 5.42. The number of rotatable bonds is 4. The van der Waals surface area contributed by atoms with E-state index in [-0.39, 0.29) is 5.91 Å². The van der Waals surface area contributed by atoms with Gasteiger partial charge in [0.1, 0.15) is 0 Å². The zero-order valence-electron chi connectivity index (χ0n) is 14.8. The van der Waals surface area contributed by atoms with E-state index in [1.807, 2.05) is 24.3 Å². The van der Waals surface area contributed by atoms with Gasteiger partial charge in [0.05, 0.1) is 6.42 Å². The third kappa shape index (κ3) is 4.97. The number of carbonyl (C=O) groups is 1. The van der Waals surface area contributed by atoms with Gasteiger partial charge >= 0.3 is 0 Å². The monoisotopic (exact) mass is 329 g/mol. The van der Waals surface area contributed by atoms with E-state index in [4.69, 9.17) is 5.73 Å². The van der Waals surface area contributed by atoms with Gasteiger partial charge in [-0.1, -0.05) is 25.0 Å². The molecule has 132 valence electrons. The number of amides is 1. The van der Waals surface area contributed by atoms with Gasteiger partial charge in [-0.3, -0.25) is 4.79 Å². The average Bonchev–Trinajstić information content (AvgIpc) is 2.86. The number of hydrogen-bond donors (Lipinski definition) is 1. The fraction of sp³-hybridized carbons (Fsp3) is 0.650. The van der Waals surface area contributed by atoms with Crippen LogP contribution in [0.3, 0.4) is 0 Å². The zero-order chi connectivity index (χ0) is 16.8. The van der Waals surface area contributed by atoms with Crippen molar-refractivity contribution < 1.29 is 4.79 Å². The molecular formula is C20H31N3O. The molecule has 0 spiro atoms. The predicted molar refractivity (Wildman–Crippen MR) is 98.8 cm³/mol. The van der Waals surface area contributed by atoms with Crippen LogP contribution in [-0.4, -0.2) is 48.4 Å². The third-order valence-corrected chi connectivity index (χ3v) is 5.42. The van der Waals surface area contributed by atoms with Crippen molar-refractivity contribution in [2.24, 2.45) is 5.92 Å². The minimum Gasteiger partial charge on any atom is -0.399 e. The Labute approximate surface area is 146 Å². The van der Waals surface area contributed by atoms with E-state index in [0.29, 0.717) is 12.3 Å². The second-order valence-corrected chi connectivity index (χ2v) is 7.48. The Kier molecular flexibility index (Phi) is 6.13.